The van der Waals surface area contributed by atoms with E-state index in [9.17, 15) is 4.79 Å². The van der Waals surface area contributed by atoms with Crippen molar-refractivity contribution in [2.24, 2.45) is 0 Å². The lowest BCUT2D eigenvalue weighted by Crippen LogP contribution is -2.22. The van der Waals surface area contributed by atoms with Gasteiger partial charge in [-0.1, -0.05) is 60.7 Å². The fraction of sp³-hybridized carbons (Fsp3) is 0.0714. The number of hydrogen-bond acceptors (Lipinski definition) is 3. The highest BCUT2D eigenvalue weighted by atomic mass is 16.5. The second kappa shape index (κ2) is 9.40. The molecule has 5 nitrogen and oxygen atoms in total. The zero-order chi connectivity index (χ0) is 22.5. The minimum atomic E-state index is -0.129. The highest BCUT2D eigenvalue weighted by Crippen LogP contribution is 2.20. The molecule has 1 amide bonds. The van der Waals surface area contributed by atoms with Crippen molar-refractivity contribution in [1.82, 2.24) is 14.9 Å². The molecule has 0 radical (unpaired) electrons. The van der Waals surface area contributed by atoms with E-state index in [-0.39, 0.29) is 5.91 Å². The van der Waals surface area contributed by atoms with Crippen molar-refractivity contribution < 1.29 is 9.53 Å². The number of rotatable bonds is 7. The molecule has 0 aliphatic heterocycles. The Kier molecular flexibility index (Phi) is 5.85. The summed E-state index contributed by atoms with van der Waals surface area (Å²) in [4.78, 5) is 17.2. The maximum absolute atomic E-state index is 12.7. The summed E-state index contributed by atoms with van der Waals surface area (Å²) in [5, 5.41) is 2.98. The zero-order valence-corrected chi connectivity index (χ0v) is 18.0. The number of amides is 1. The Morgan fingerprint density at radius 3 is 2.30 bits per heavy atom. The molecule has 0 fully saturated rings. The largest absolute Gasteiger partial charge is 0.489 e. The number of hydrogen-bond donors (Lipinski definition) is 1. The molecule has 0 saturated heterocycles. The first-order valence-electron chi connectivity index (χ1n) is 10.8. The van der Waals surface area contributed by atoms with Crippen molar-refractivity contribution in [3.63, 3.8) is 0 Å². The maximum atomic E-state index is 12.7. The first kappa shape index (κ1) is 20.5. The molecule has 0 spiro atoms. The number of carbonyl (C=O) groups is 1. The van der Waals surface area contributed by atoms with Gasteiger partial charge in [0.2, 0.25) is 0 Å². The van der Waals surface area contributed by atoms with E-state index in [2.05, 4.69) is 10.3 Å². The molecule has 0 saturated carbocycles. The minimum Gasteiger partial charge on any atom is -0.489 e. The molecule has 5 rings (SSSR count). The lowest BCUT2D eigenvalue weighted by atomic mass is 10.1. The number of nitrogens with zero attached hydrogens (tertiary/aromatic N) is 2. The van der Waals surface area contributed by atoms with Gasteiger partial charge in [0, 0.05) is 17.8 Å². The Morgan fingerprint density at radius 2 is 1.55 bits per heavy atom. The summed E-state index contributed by atoms with van der Waals surface area (Å²) in [5.74, 6) is 0.670. The predicted molar refractivity (Wildman–Crippen MR) is 129 cm³/mol. The molecule has 0 aliphatic carbocycles. The number of imidazole rings is 1. The molecule has 0 unspecified atom stereocenters. The summed E-state index contributed by atoms with van der Waals surface area (Å²) < 4.78 is 7.83. The van der Waals surface area contributed by atoms with Crippen LogP contribution in [0.2, 0.25) is 0 Å². The van der Waals surface area contributed by atoms with Crippen LogP contribution in [0.5, 0.6) is 5.75 Å². The topological polar surface area (TPSA) is 56.1 Å². The fourth-order valence-corrected chi connectivity index (χ4v) is 3.68. The van der Waals surface area contributed by atoms with Crippen LogP contribution in [0.25, 0.3) is 16.7 Å². The van der Waals surface area contributed by atoms with Gasteiger partial charge in [-0.2, -0.15) is 0 Å². The SMILES string of the molecule is O=C(NCc1ccc(OCc2ccccc2)cc1)c1ccc2c(c1)ncn2-c1ccccc1. The van der Waals surface area contributed by atoms with Crippen molar-refractivity contribution in [3.8, 4) is 11.4 Å². The van der Waals surface area contributed by atoms with Crippen LogP contribution in [0.4, 0.5) is 0 Å². The Bertz CT molecular complexity index is 1360. The fourth-order valence-electron chi connectivity index (χ4n) is 3.68. The third-order valence-electron chi connectivity index (χ3n) is 5.47. The molecule has 4 aromatic carbocycles. The van der Waals surface area contributed by atoms with Crippen molar-refractivity contribution in [2.75, 3.05) is 0 Å². The van der Waals surface area contributed by atoms with E-state index in [0.29, 0.717) is 18.7 Å². The molecule has 5 heteroatoms. The van der Waals surface area contributed by atoms with Crippen LogP contribution >= 0.6 is 0 Å². The lowest BCUT2D eigenvalue weighted by molar-refractivity contribution is 0.0951. The number of fused-ring (bicyclic) bond motifs is 1. The van der Waals surface area contributed by atoms with E-state index in [1.165, 1.54) is 0 Å². The van der Waals surface area contributed by atoms with Crippen LogP contribution in [0.15, 0.2) is 109 Å². The summed E-state index contributed by atoms with van der Waals surface area (Å²) in [5.41, 5.74) is 5.50. The lowest BCUT2D eigenvalue weighted by Gasteiger charge is -2.09. The van der Waals surface area contributed by atoms with Crippen molar-refractivity contribution in [1.29, 1.82) is 0 Å². The van der Waals surface area contributed by atoms with Crippen LogP contribution in [0, 0.1) is 0 Å². The zero-order valence-electron chi connectivity index (χ0n) is 18.0. The summed E-state index contributed by atoms with van der Waals surface area (Å²) >= 11 is 0. The maximum Gasteiger partial charge on any atom is 0.251 e. The van der Waals surface area contributed by atoms with Crippen molar-refractivity contribution in [3.05, 3.63) is 126 Å². The van der Waals surface area contributed by atoms with Crippen LogP contribution in [0.1, 0.15) is 21.5 Å². The van der Waals surface area contributed by atoms with Gasteiger partial charge in [-0.15, -0.1) is 0 Å². The van der Waals surface area contributed by atoms with Gasteiger partial charge in [-0.3, -0.25) is 9.36 Å². The Labute approximate surface area is 192 Å². The van der Waals surface area contributed by atoms with Gasteiger partial charge in [-0.25, -0.2) is 4.98 Å². The number of ether oxygens (including phenoxy) is 1. The second-order valence-electron chi connectivity index (χ2n) is 7.75. The van der Waals surface area contributed by atoms with E-state index in [1.807, 2.05) is 108 Å². The first-order chi connectivity index (χ1) is 16.3. The third-order valence-corrected chi connectivity index (χ3v) is 5.47. The number of aromatic nitrogens is 2. The summed E-state index contributed by atoms with van der Waals surface area (Å²) in [6.45, 7) is 0.966. The van der Waals surface area contributed by atoms with E-state index in [4.69, 9.17) is 4.74 Å². The van der Waals surface area contributed by atoms with Crippen LogP contribution < -0.4 is 10.1 Å². The number of benzene rings is 4. The smallest absolute Gasteiger partial charge is 0.251 e. The third kappa shape index (κ3) is 4.77. The molecule has 0 atom stereocenters. The first-order valence-corrected chi connectivity index (χ1v) is 10.8. The average molecular weight is 434 g/mol. The second-order valence-corrected chi connectivity index (χ2v) is 7.75. The van der Waals surface area contributed by atoms with Crippen molar-refractivity contribution in [2.45, 2.75) is 13.2 Å². The Morgan fingerprint density at radius 1 is 0.818 bits per heavy atom. The van der Waals surface area contributed by atoms with Crippen LogP contribution in [-0.4, -0.2) is 15.5 Å². The number of para-hydroxylation sites is 1. The molecule has 33 heavy (non-hydrogen) atoms. The molecule has 1 aromatic heterocycles. The summed E-state index contributed by atoms with van der Waals surface area (Å²) in [7, 11) is 0. The molecule has 162 valence electrons. The van der Waals surface area contributed by atoms with E-state index >= 15 is 0 Å². The number of nitrogens with one attached hydrogen (secondary N) is 1. The van der Waals surface area contributed by atoms with Gasteiger partial charge >= 0.3 is 0 Å². The van der Waals surface area contributed by atoms with Crippen LogP contribution in [-0.2, 0) is 13.2 Å². The van der Waals surface area contributed by atoms with Gasteiger partial charge in [-0.05, 0) is 53.6 Å². The van der Waals surface area contributed by atoms with Gasteiger partial charge < -0.3 is 10.1 Å². The number of carbonyl (C=O) groups excluding carboxylic acids is 1. The van der Waals surface area contributed by atoms with Gasteiger partial charge in [0.25, 0.3) is 5.91 Å². The van der Waals surface area contributed by atoms with Gasteiger partial charge in [0.1, 0.15) is 18.7 Å². The van der Waals surface area contributed by atoms with E-state index in [0.717, 1.165) is 33.6 Å². The van der Waals surface area contributed by atoms with Gasteiger partial charge in [0.15, 0.2) is 0 Å². The monoisotopic (exact) mass is 433 g/mol. The standard InChI is InChI=1S/C28H23N3O2/c32-28(23-13-16-27-26(17-23)30-20-31(27)24-9-5-2-6-10-24)29-18-21-11-14-25(15-12-21)33-19-22-7-3-1-4-8-22/h1-17,20H,18-19H2,(H,29,32). The van der Waals surface area contributed by atoms with Gasteiger partial charge in [0.05, 0.1) is 11.0 Å². The predicted octanol–water partition coefficient (Wildman–Crippen LogP) is 5.53. The molecule has 0 aliphatic rings. The molecular weight excluding hydrogens is 410 g/mol. The molecule has 1 heterocycles. The summed E-state index contributed by atoms with van der Waals surface area (Å²) in [6, 6.07) is 33.4. The average Bonchev–Trinajstić information content (AvgIpc) is 3.31. The molecular formula is C28H23N3O2. The molecule has 5 aromatic rings. The Hall–Kier alpha value is -4.38. The van der Waals surface area contributed by atoms with E-state index in [1.54, 1.807) is 6.33 Å². The summed E-state index contributed by atoms with van der Waals surface area (Å²) in [6.07, 6.45) is 1.78. The normalized spacial score (nSPS) is 10.8. The molecule has 1 N–H and O–H groups in total. The quantitative estimate of drug-likeness (QED) is 0.367. The minimum absolute atomic E-state index is 0.129. The van der Waals surface area contributed by atoms with E-state index < -0.39 is 0 Å². The van der Waals surface area contributed by atoms with Crippen molar-refractivity contribution >= 4 is 16.9 Å². The highest BCUT2D eigenvalue weighted by molar-refractivity contribution is 5.97. The van der Waals surface area contributed by atoms with Crippen LogP contribution in [0.3, 0.4) is 0 Å². The Balaban J connectivity index is 1.20. The molecule has 0 bridgehead atoms. The highest BCUT2D eigenvalue weighted by Gasteiger charge is 2.10.